The minimum Gasteiger partial charge on any atom is -0.493 e. The summed E-state index contributed by atoms with van der Waals surface area (Å²) in [5.41, 5.74) is 6.04. The predicted octanol–water partition coefficient (Wildman–Crippen LogP) is 2.32. The molecule has 1 amide bonds. The van der Waals surface area contributed by atoms with E-state index in [-0.39, 0.29) is 17.4 Å². The van der Waals surface area contributed by atoms with Gasteiger partial charge in [-0.3, -0.25) is 4.79 Å². The van der Waals surface area contributed by atoms with Gasteiger partial charge in [0.05, 0.1) is 13.2 Å². The van der Waals surface area contributed by atoms with Crippen molar-refractivity contribution in [1.29, 1.82) is 0 Å². The average Bonchev–Trinajstić information content (AvgIpc) is 2.44. The number of methoxy groups -OCH3 is 1. The Bertz CT molecular complexity index is 475. The molecule has 118 valence electrons. The van der Waals surface area contributed by atoms with E-state index in [1.165, 1.54) is 25.3 Å². The molecule has 1 aromatic carbocycles. The molecule has 1 rings (SSSR count). The molecule has 21 heavy (non-hydrogen) atoms. The summed E-state index contributed by atoms with van der Waals surface area (Å²) in [6.45, 7) is -2.98. The third kappa shape index (κ3) is 5.76. The van der Waals surface area contributed by atoms with Crippen LogP contribution in [0.4, 0.5) is 14.5 Å². The Labute approximate surface area is 126 Å². The zero-order valence-corrected chi connectivity index (χ0v) is 12.6. The molecule has 5 nitrogen and oxygen atoms in total. The summed E-state index contributed by atoms with van der Waals surface area (Å²) < 4.78 is 33.9. The summed E-state index contributed by atoms with van der Waals surface area (Å²) in [6.07, 6.45) is 2.45. The predicted molar refractivity (Wildman–Crippen MR) is 79.2 cm³/mol. The van der Waals surface area contributed by atoms with E-state index >= 15 is 0 Å². The van der Waals surface area contributed by atoms with E-state index in [0.717, 1.165) is 5.75 Å². The molecule has 0 radical (unpaired) electrons. The molecule has 0 saturated heterocycles. The first-order valence-corrected chi connectivity index (χ1v) is 7.55. The summed E-state index contributed by atoms with van der Waals surface area (Å²) >= 11 is 1.59. The number of amides is 1. The molecule has 0 bridgehead atoms. The molecule has 0 heterocycles. The maximum absolute atomic E-state index is 12.3. The molecule has 0 saturated carbocycles. The summed E-state index contributed by atoms with van der Waals surface area (Å²) in [5.74, 6) is 0.386. The van der Waals surface area contributed by atoms with Crippen LogP contribution in [-0.2, 0) is 4.79 Å². The van der Waals surface area contributed by atoms with Gasteiger partial charge in [0.2, 0.25) is 5.91 Å². The lowest BCUT2D eigenvalue weighted by Crippen LogP contribution is -2.36. The molecule has 0 aliphatic carbocycles. The number of carbonyl (C=O) groups is 1. The number of halogens is 2. The van der Waals surface area contributed by atoms with E-state index < -0.39 is 12.7 Å². The van der Waals surface area contributed by atoms with Gasteiger partial charge in [0, 0.05) is 11.8 Å². The molecule has 0 aliphatic heterocycles. The number of hydrogen-bond acceptors (Lipinski definition) is 5. The fraction of sp³-hybridized carbons (Fsp3) is 0.462. The van der Waals surface area contributed by atoms with Crippen molar-refractivity contribution in [1.82, 2.24) is 0 Å². The highest BCUT2D eigenvalue weighted by molar-refractivity contribution is 7.98. The number of hydrogen-bond donors (Lipinski definition) is 2. The van der Waals surface area contributed by atoms with Crippen LogP contribution in [0, 0.1) is 0 Å². The van der Waals surface area contributed by atoms with E-state index in [0.29, 0.717) is 12.1 Å². The maximum atomic E-state index is 12.3. The van der Waals surface area contributed by atoms with Crippen LogP contribution in [0.25, 0.3) is 0 Å². The number of nitrogens with two attached hydrogens (primary N) is 1. The number of thioether (sulfide) groups is 1. The van der Waals surface area contributed by atoms with Crippen molar-refractivity contribution in [2.24, 2.45) is 5.73 Å². The Hall–Kier alpha value is -1.54. The van der Waals surface area contributed by atoms with Gasteiger partial charge in [-0.15, -0.1) is 0 Å². The highest BCUT2D eigenvalue weighted by Gasteiger charge is 2.15. The van der Waals surface area contributed by atoms with Crippen LogP contribution >= 0.6 is 11.8 Å². The zero-order chi connectivity index (χ0) is 15.8. The number of alkyl halides is 2. The maximum Gasteiger partial charge on any atom is 0.387 e. The van der Waals surface area contributed by atoms with Gasteiger partial charge in [-0.25, -0.2) is 0 Å². The number of rotatable bonds is 8. The lowest BCUT2D eigenvalue weighted by molar-refractivity contribution is -0.117. The van der Waals surface area contributed by atoms with Gasteiger partial charge in [-0.05, 0) is 30.6 Å². The van der Waals surface area contributed by atoms with Crippen LogP contribution in [0.15, 0.2) is 18.2 Å². The normalized spacial score (nSPS) is 12.1. The third-order valence-electron chi connectivity index (χ3n) is 2.62. The SMILES string of the molecule is COc1ccc(NC(=O)[C@@H](N)CCSC)cc1OC(F)F. The minimum atomic E-state index is -2.98. The minimum absolute atomic E-state index is 0.150. The number of anilines is 1. The van der Waals surface area contributed by atoms with Gasteiger partial charge in [0.1, 0.15) is 0 Å². The number of ether oxygens (including phenoxy) is 2. The number of nitrogens with one attached hydrogen (secondary N) is 1. The second kappa shape index (κ2) is 8.68. The molecule has 0 aliphatic rings. The van der Waals surface area contributed by atoms with E-state index in [1.54, 1.807) is 11.8 Å². The Morgan fingerprint density at radius 3 is 2.71 bits per heavy atom. The molecule has 0 unspecified atom stereocenters. The Balaban J connectivity index is 2.77. The van der Waals surface area contributed by atoms with Crippen molar-refractivity contribution in [3.8, 4) is 11.5 Å². The van der Waals surface area contributed by atoms with Gasteiger partial charge < -0.3 is 20.5 Å². The van der Waals surface area contributed by atoms with Gasteiger partial charge in [0.25, 0.3) is 0 Å². The standard InChI is InChI=1S/C13H18F2N2O3S/c1-19-10-4-3-8(7-11(10)20-13(14)15)17-12(18)9(16)5-6-21-2/h3-4,7,9,13H,5-6,16H2,1-2H3,(H,17,18)/t9-/m0/s1. The van der Waals surface area contributed by atoms with Gasteiger partial charge in [-0.1, -0.05) is 0 Å². The Morgan fingerprint density at radius 2 is 2.14 bits per heavy atom. The summed E-state index contributed by atoms with van der Waals surface area (Å²) in [5, 5.41) is 2.56. The summed E-state index contributed by atoms with van der Waals surface area (Å²) in [4.78, 5) is 11.8. The molecule has 8 heteroatoms. The largest absolute Gasteiger partial charge is 0.493 e. The first-order chi connectivity index (χ1) is 9.97. The molecule has 0 aromatic heterocycles. The quantitative estimate of drug-likeness (QED) is 0.769. The van der Waals surface area contributed by atoms with Crippen LogP contribution in [0.1, 0.15) is 6.42 Å². The molecule has 1 atom stereocenters. The summed E-state index contributed by atoms with van der Waals surface area (Å²) in [7, 11) is 1.34. The fourth-order valence-corrected chi connectivity index (χ4v) is 2.04. The summed E-state index contributed by atoms with van der Waals surface area (Å²) in [6, 6.07) is 3.57. The Kier molecular flexibility index (Phi) is 7.24. The lowest BCUT2D eigenvalue weighted by Gasteiger charge is -2.14. The van der Waals surface area contributed by atoms with Crippen molar-refractivity contribution >= 4 is 23.4 Å². The van der Waals surface area contributed by atoms with Crippen LogP contribution in [-0.4, -0.2) is 37.7 Å². The molecular weight excluding hydrogens is 302 g/mol. The fourth-order valence-electron chi connectivity index (χ4n) is 1.55. The lowest BCUT2D eigenvalue weighted by atomic mass is 10.2. The number of benzene rings is 1. The van der Waals surface area contributed by atoms with E-state index in [9.17, 15) is 13.6 Å². The van der Waals surface area contributed by atoms with Gasteiger partial charge >= 0.3 is 6.61 Å². The smallest absolute Gasteiger partial charge is 0.387 e. The highest BCUT2D eigenvalue weighted by Crippen LogP contribution is 2.31. The van der Waals surface area contributed by atoms with Crippen molar-refractivity contribution < 1.29 is 23.0 Å². The molecule has 1 aromatic rings. The molecule has 0 fully saturated rings. The van der Waals surface area contributed by atoms with Crippen molar-refractivity contribution in [2.45, 2.75) is 19.1 Å². The van der Waals surface area contributed by atoms with Gasteiger partial charge in [-0.2, -0.15) is 20.5 Å². The first-order valence-electron chi connectivity index (χ1n) is 6.16. The van der Waals surface area contributed by atoms with E-state index in [2.05, 4.69) is 10.1 Å². The van der Waals surface area contributed by atoms with Gasteiger partial charge in [0.15, 0.2) is 11.5 Å². The third-order valence-corrected chi connectivity index (χ3v) is 3.26. The first kappa shape index (κ1) is 17.5. The van der Waals surface area contributed by atoms with Crippen LogP contribution in [0.2, 0.25) is 0 Å². The van der Waals surface area contributed by atoms with Crippen molar-refractivity contribution in [3.05, 3.63) is 18.2 Å². The second-order valence-corrected chi connectivity index (χ2v) is 5.11. The average molecular weight is 320 g/mol. The monoisotopic (exact) mass is 320 g/mol. The molecule has 0 spiro atoms. The van der Waals surface area contributed by atoms with Crippen molar-refractivity contribution in [3.63, 3.8) is 0 Å². The Morgan fingerprint density at radius 1 is 1.43 bits per heavy atom. The molecule has 3 N–H and O–H groups in total. The van der Waals surface area contributed by atoms with Crippen LogP contribution < -0.4 is 20.5 Å². The van der Waals surface area contributed by atoms with Crippen LogP contribution in [0.3, 0.4) is 0 Å². The van der Waals surface area contributed by atoms with E-state index in [4.69, 9.17) is 10.5 Å². The van der Waals surface area contributed by atoms with Crippen LogP contribution in [0.5, 0.6) is 11.5 Å². The van der Waals surface area contributed by atoms with Crippen molar-refractivity contribution in [2.75, 3.05) is 24.4 Å². The highest BCUT2D eigenvalue weighted by atomic mass is 32.2. The second-order valence-electron chi connectivity index (χ2n) is 4.12. The number of carbonyl (C=O) groups excluding carboxylic acids is 1. The van der Waals surface area contributed by atoms with E-state index in [1.807, 2.05) is 6.26 Å². The zero-order valence-electron chi connectivity index (χ0n) is 11.8. The topological polar surface area (TPSA) is 73.6 Å². The molecular formula is C13H18F2N2O3S.